The zero-order valence-electron chi connectivity index (χ0n) is 6.79. The molecule has 0 aliphatic rings. The van der Waals surface area contributed by atoms with Gasteiger partial charge in [-0.05, 0) is 12.1 Å². The summed E-state index contributed by atoms with van der Waals surface area (Å²) in [6.07, 6.45) is 0. The average molecular weight is 132 g/mol. The van der Waals surface area contributed by atoms with Crippen LogP contribution in [0, 0.1) is 0 Å². The first-order valence-corrected chi connectivity index (χ1v) is 2.52. The standard InChI is InChI=1S/C7H8O.Na.H/c1-8-7-5-3-2-4-6-7;;/h2-6H,1H3;;/q;+1;-1. The summed E-state index contributed by atoms with van der Waals surface area (Å²) in [6, 6.07) is 9.68. The van der Waals surface area contributed by atoms with Crippen LogP contribution in [0.25, 0.3) is 0 Å². The van der Waals surface area contributed by atoms with E-state index in [0.717, 1.165) is 5.75 Å². The van der Waals surface area contributed by atoms with Crippen LogP contribution in [-0.2, 0) is 0 Å². The van der Waals surface area contributed by atoms with Crippen LogP contribution in [0.1, 0.15) is 1.43 Å². The number of benzene rings is 1. The zero-order chi connectivity index (χ0) is 5.82. The Labute approximate surface area is 78.8 Å². The molecule has 0 aliphatic heterocycles. The van der Waals surface area contributed by atoms with Crippen LogP contribution in [0.2, 0.25) is 0 Å². The molecule has 0 aliphatic carbocycles. The molecule has 2 heteroatoms. The molecule has 0 spiro atoms. The van der Waals surface area contributed by atoms with Crippen molar-refractivity contribution in [2.45, 2.75) is 0 Å². The van der Waals surface area contributed by atoms with Gasteiger partial charge in [0.25, 0.3) is 0 Å². The van der Waals surface area contributed by atoms with E-state index in [9.17, 15) is 0 Å². The van der Waals surface area contributed by atoms with Crippen molar-refractivity contribution >= 4 is 0 Å². The molecule has 0 saturated heterocycles. The quantitative estimate of drug-likeness (QED) is 0.437. The Kier molecular flexibility index (Phi) is 4.87. The molecule has 1 rings (SSSR count). The van der Waals surface area contributed by atoms with Gasteiger partial charge in [0, 0.05) is 0 Å². The van der Waals surface area contributed by atoms with Crippen LogP contribution in [-0.4, -0.2) is 7.11 Å². The second kappa shape index (κ2) is 4.86. The third-order valence-corrected chi connectivity index (χ3v) is 0.979. The van der Waals surface area contributed by atoms with E-state index in [2.05, 4.69) is 0 Å². The Bertz CT molecular complexity index is 155. The van der Waals surface area contributed by atoms with Gasteiger partial charge < -0.3 is 6.16 Å². The Balaban J connectivity index is 0. The smallest absolute Gasteiger partial charge is 1.00 e. The molecule has 0 unspecified atom stereocenters. The molecule has 1 aromatic carbocycles. The van der Waals surface area contributed by atoms with E-state index in [1.54, 1.807) is 7.11 Å². The van der Waals surface area contributed by atoms with Crippen molar-refractivity contribution in [3.8, 4) is 5.75 Å². The van der Waals surface area contributed by atoms with Crippen LogP contribution in [0.5, 0.6) is 5.75 Å². The molecule has 0 N–H and O–H groups in total. The molecular weight excluding hydrogens is 123 g/mol. The van der Waals surface area contributed by atoms with Crippen LogP contribution < -0.4 is 34.3 Å². The third-order valence-electron chi connectivity index (χ3n) is 0.979. The van der Waals surface area contributed by atoms with Crippen molar-refractivity contribution < 1.29 is 35.7 Å². The van der Waals surface area contributed by atoms with Gasteiger partial charge in [0.1, 0.15) is 5.75 Å². The Morgan fingerprint density at radius 1 is 1.22 bits per heavy atom. The first kappa shape index (κ1) is 9.02. The maximum atomic E-state index is 4.91. The Morgan fingerprint density at radius 3 is 2.11 bits per heavy atom. The van der Waals surface area contributed by atoms with Gasteiger partial charge in [-0.2, -0.15) is 0 Å². The van der Waals surface area contributed by atoms with Crippen molar-refractivity contribution in [2.75, 3.05) is 7.11 Å². The monoisotopic (exact) mass is 132 g/mol. The predicted molar refractivity (Wildman–Crippen MR) is 34.1 cm³/mol. The summed E-state index contributed by atoms with van der Waals surface area (Å²) in [7, 11) is 1.66. The number of methoxy groups -OCH3 is 1. The minimum Gasteiger partial charge on any atom is -1.00 e. The second-order valence-electron chi connectivity index (χ2n) is 1.52. The summed E-state index contributed by atoms with van der Waals surface area (Å²) >= 11 is 0. The molecule has 9 heavy (non-hydrogen) atoms. The van der Waals surface area contributed by atoms with Gasteiger partial charge in [-0.3, -0.25) is 0 Å². The van der Waals surface area contributed by atoms with Crippen LogP contribution in [0.15, 0.2) is 30.3 Å². The Hall–Kier alpha value is 0.0200. The van der Waals surface area contributed by atoms with Gasteiger partial charge in [0.15, 0.2) is 0 Å². The molecular formula is C7H9NaO. The van der Waals surface area contributed by atoms with E-state index in [1.165, 1.54) is 0 Å². The molecule has 0 heterocycles. The third kappa shape index (κ3) is 2.89. The van der Waals surface area contributed by atoms with Crippen LogP contribution in [0.4, 0.5) is 0 Å². The first-order valence-electron chi connectivity index (χ1n) is 2.52. The van der Waals surface area contributed by atoms with Gasteiger partial charge in [0.2, 0.25) is 0 Å². The van der Waals surface area contributed by atoms with Crippen molar-refractivity contribution in [3.63, 3.8) is 0 Å². The minimum atomic E-state index is 0. The van der Waals surface area contributed by atoms with E-state index < -0.39 is 0 Å². The molecule has 0 fully saturated rings. The number of ether oxygens (including phenoxy) is 1. The summed E-state index contributed by atoms with van der Waals surface area (Å²) in [5, 5.41) is 0. The van der Waals surface area contributed by atoms with Gasteiger partial charge >= 0.3 is 29.6 Å². The largest absolute Gasteiger partial charge is 1.00 e. The first-order chi connectivity index (χ1) is 3.93. The molecule has 0 bridgehead atoms. The average Bonchev–Trinajstić information content (AvgIpc) is 1.90. The number of para-hydroxylation sites is 1. The van der Waals surface area contributed by atoms with E-state index in [4.69, 9.17) is 4.74 Å². The van der Waals surface area contributed by atoms with E-state index >= 15 is 0 Å². The van der Waals surface area contributed by atoms with Crippen molar-refractivity contribution in [3.05, 3.63) is 30.3 Å². The minimum absolute atomic E-state index is 0. The number of hydrogen-bond acceptors (Lipinski definition) is 1. The fourth-order valence-corrected chi connectivity index (χ4v) is 0.557. The summed E-state index contributed by atoms with van der Waals surface area (Å²) in [4.78, 5) is 0. The SMILES string of the molecule is COc1ccccc1.[H-].[Na+]. The number of hydrogen-bond donors (Lipinski definition) is 0. The van der Waals surface area contributed by atoms with Gasteiger partial charge in [-0.1, -0.05) is 18.2 Å². The predicted octanol–water partition coefficient (Wildman–Crippen LogP) is -1.19. The molecule has 0 atom stereocenters. The fourth-order valence-electron chi connectivity index (χ4n) is 0.557. The van der Waals surface area contributed by atoms with Gasteiger partial charge in [-0.15, -0.1) is 0 Å². The number of rotatable bonds is 1. The molecule has 0 amide bonds. The zero-order valence-corrected chi connectivity index (χ0v) is 7.79. The van der Waals surface area contributed by atoms with Crippen LogP contribution in [0.3, 0.4) is 0 Å². The van der Waals surface area contributed by atoms with Crippen molar-refractivity contribution in [2.24, 2.45) is 0 Å². The Morgan fingerprint density at radius 2 is 1.78 bits per heavy atom. The summed E-state index contributed by atoms with van der Waals surface area (Å²) in [5.41, 5.74) is 0. The normalized spacial score (nSPS) is 7.67. The van der Waals surface area contributed by atoms with E-state index in [-0.39, 0.29) is 31.0 Å². The van der Waals surface area contributed by atoms with E-state index in [1.807, 2.05) is 30.3 Å². The van der Waals surface area contributed by atoms with Gasteiger partial charge in [-0.25, -0.2) is 0 Å². The van der Waals surface area contributed by atoms with Crippen LogP contribution >= 0.6 is 0 Å². The molecule has 0 aromatic heterocycles. The molecule has 1 nitrogen and oxygen atoms in total. The van der Waals surface area contributed by atoms with Gasteiger partial charge in [0.05, 0.1) is 7.11 Å². The fraction of sp³-hybridized carbons (Fsp3) is 0.143. The molecule has 44 valence electrons. The second-order valence-corrected chi connectivity index (χ2v) is 1.52. The maximum absolute atomic E-state index is 4.91. The summed E-state index contributed by atoms with van der Waals surface area (Å²) in [5.74, 6) is 0.910. The summed E-state index contributed by atoms with van der Waals surface area (Å²) < 4.78 is 4.91. The molecule has 1 aromatic rings. The topological polar surface area (TPSA) is 9.23 Å². The van der Waals surface area contributed by atoms with Crippen molar-refractivity contribution in [1.29, 1.82) is 0 Å². The maximum Gasteiger partial charge on any atom is 1.00 e. The van der Waals surface area contributed by atoms with Crippen molar-refractivity contribution in [1.82, 2.24) is 0 Å². The summed E-state index contributed by atoms with van der Waals surface area (Å²) in [6.45, 7) is 0. The molecule has 0 saturated carbocycles. The molecule has 0 radical (unpaired) electrons. The van der Waals surface area contributed by atoms with E-state index in [0.29, 0.717) is 0 Å².